The molecule has 0 spiro atoms. The first-order chi connectivity index (χ1) is 27.4. The van der Waals surface area contributed by atoms with Crippen LogP contribution >= 0.6 is 0 Å². The first-order valence-electron chi connectivity index (χ1n) is 19.6. The van der Waals surface area contributed by atoms with Gasteiger partial charge in [0.15, 0.2) is 0 Å². The molecule has 0 aliphatic carbocycles. The molecular formula is C36H60N10O12. The van der Waals surface area contributed by atoms with Crippen LogP contribution in [0.5, 0.6) is 0 Å². The van der Waals surface area contributed by atoms with Gasteiger partial charge in [-0.1, -0.05) is 13.8 Å². The summed E-state index contributed by atoms with van der Waals surface area (Å²) in [7, 11) is 0. The summed E-state index contributed by atoms with van der Waals surface area (Å²) < 4.78 is 0. The molecule has 0 unspecified atom stereocenters. The minimum atomic E-state index is -1.36. The van der Waals surface area contributed by atoms with Crippen molar-refractivity contribution in [2.45, 2.75) is 121 Å². The van der Waals surface area contributed by atoms with Crippen LogP contribution in [0.25, 0.3) is 0 Å². The van der Waals surface area contributed by atoms with Crippen LogP contribution in [0.3, 0.4) is 0 Å². The summed E-state index contributed by atoms with van der Waals surface area (Å²) in [4.78, 5) is 127. The maximum Gasteiger partial charge on any atom is 0.326 e. The van der Waals surface area contributed by atoms with Crippen molar-refractivity contribution >= 4 is 59.2 Å². The highest BCUT2D eigenvalue weighted by Crippen LogP contribution is 2.19. The van der Waals surface area contributed by atoms with E-state index in [2.05, 4.69) is 42.5 Å². The zero-order valence-corrected chi connectivity index (χ0v) is 33.4. The molecule has 326 valence electrons. The summed E-state index contributed by atoms with van der Waals surface area (Å²) in [6, 6.07) is -6.17. The van der Waals surface area contributed by atoms with Crippen LogP contribution in [0.1, 0.15) is 85.0 Å². The van der Waals surface area contributed by atoms with Gasteiger partial charge in [-0.2, -0.15) is 0 Å². The fourth-order valence-corrected chi connectivity index (χ4v) is 6.41. The lowest BCUT2D eigenvalue weighted by atomic mass is 10.0. The number of hydrogen-bond donors (Lipinski definition) is 11. The minimum Gasteiger partial charge on any atom is -0.481 e. The van der Waals surface area contributed by atoms with Crippen LogP contribution in [-0.2, 0) is 47.9 Å². The van der Waals surface area contributed by atoms with Gasteiger partial charge in [-0.3, -0.25) is 43.2 Å². The molecule has 2 rings (SSSR count). The number of nitrogens with two attached hydrogens (primary N) is 1. The van der Waals surface area contributed by atoms with Crippen LogP contribution in [0, 0.1) is 5.92 Å². The third kappa shape index (κ3) is 17.4. The molecular weight excluding hydrogens is 764 g/mol. The van der Waals surface area contributed by atoms with Crippen molar-refractivity contribution < 1.29 is 58.2 Å². The van der Waals surface area contributed by atoms with Gasteiger partial charge in [0.1, 0.15) is 30.2 Å². The highest BCUT2D eigenvalue weighted by molar-refractivity contribution is 5.96. The summed E-state index contributed by atoms with van der Waals surface area (Å²) in [5.41, 5.74) is 5.47. The largest absolute Gasteiger partial charge is 0.481 e. The number of nitrogens with one attached hydrogen (secondary N) is 8. The Hall–Kier alpha value is -5.38. The Kier molecular flexibility index (Phi) is 21.1. The molecule has 22 heteroatoms. The highest BCUT2D eigenvalue weighted by Gasteiger charge is 2.38. The molecule has 58 heavy (non-hydrogen) atoms. The van der Waals surface area contributed by atoms with E-state index >= 15 is 0 Å². The molecule has 2 saturated heterocycles. The second kappa shape index (κ2) is 25.1. The second-order valence-corrected chi connectivity index (χ2v) is 14.8. The van der Waals surface area contributed by atoms with E-state index in [0.717, 1.165) is 6.42 Å². The van der Waals surface area contributed by atoms with E-state index < -0.39 is 116 Å². The summed E-state index contributed by atoms with van der Waals surface area (Å²) >= 11 is 0. The van der Waals surface area contributed by atoms with E-state index in [1.165, 1.54) is 11.8 Å². The number of hydrogen-bond acceptors (Lipinski definition) is 12. The standard InChI is InChI=1S/C36H60N10O12/c1-20(2)16-25(45-33(54)23(11-12-30(50)51)43-29(49)19-41-31(52)22-9-6-14-38-22)32(53)40-17-27(47)39-18-28(48)42-21(3)35(56)46-15-7-10-26(46)34(55)44-24(36(57)58)8-4-5-13-37/h20-26,38H,4-19,37H2,1-3H3,(H,39,47)(H,40,53)(H,41,52)(H,42,48)(H,43,49)(H,44,55)(H,45,54)(H,50,51)(H,57,58)/t21-,22-,23-,24-,25-,26-/m0/s1. The molecule has 0 radical (unpaired) electrons. The lowest BCUT2D eigenvalue weighted by Crippen LogP contribution is -2.56. The van der Waals surface area contributed by atoms with Crippen molar-refractivity contribution in [3.63, 3.8) is 0 Å². The SMILES string of the molecule is CC(C)C[C@H](NC(=O)[C@H](CCC(=O)O)NC(=O)CNC(=O)[C@@H]1CCCN1)C(=O)NCC(=O)NCC(=O)N[C@@H](C)C(=O)N1CCC[C@H]1C(=O)N[C@@H](CCCCN)C(=O)O. The quantitative estimate of drug-likeness (QED) is 0.0393. The van der Waals surface area contributed by atoms with Crippen LogP contribution < -0.4 is 48.3 Å². The fourth-order valence-electron chi connectivity index (χ4n) is 6.41. The number of carboxylic acid groups (broad SMARTS) is 2. The number of carboxylic acids is 2. The maximum atomic E-state index is 13.2. The van der Waals surface area contributed by atoms with Crippen molar-refractivity contribution in [1.82, 2.24) is 47.4 Å². The van der Waals surface area contributed by atoms with Crippen molar-refractivity contribution in [2.24, 2.45) is 11.7 Å². The predicted molar refractivity (Wildman–Crippen MR) is 205 cm³/mol. The number of carbonyl (C=O) groups is 10. The first kappa shape index (κ1) is 48.8. The third-order valence-corrected chi connectivity index (χ3v) is 9.46. The molecule has 0 saturated carbocycles. The van der Waals surface area contributed by atoms with E-state index in [4.69, 9.17) is 5.73 Å². The molecule has 22 nitrogen and oxygen atoms in total. The first-order valence-corrected chi connectivity index (χ1v) is 19.6. The number of unbranched alkanes of at least 4 members (excludes halogenated alkanes) is 1. The summed E-state index contributed by atoms with van der Waals surface area (Å²) in [5.74, 6) is -8.05. The van der Waals surface area contributed by atoms with E-state index in [-0.39, 0.29) is 37.6 Å². The molecule has 0 aromatic heterocycles. The normalized spacial score (nSPS) is 18.2. The molecule has 0 bridgehead atoms. The highest BCUT2D eigenvalue weighted by atomic mass is 16.4. The number of likely N-dealkylation sites (tertiary alicyclic amines) is 1. The Balaban J connectivity index is 1.88. The van der Waals surface area contributed by atoms with Crippen LogP contribution in [0.2, 0.25) is 0 Å². The molecule has 0 aromatic carbocycles. The third-order valence-electron chi connectivity index (χ3n) is 9.46. The van der Waals surface area contributed by atoms with Gasteiger partial charge < -0.3 is 63.4 Å². The van der Waals surface area contributed by atoms with E-state index in [9.17, 15) is 58.2 Å². The van der Waals surface area contributed by atoms with Crippen molar-refractivity contribution in [3.8, 4) is 0 Å². The van der Waals surface area contributed by atoms with Gasteiger partial charge in [0.2, 0.25) is 47.3 Å². The Bertz CT molecular complexity index is 1490. The molecule has 2 aliphatic heterocycles. The number of aliphatic carboxylic acids is 2. The average Bonchev–Trinajstić information content (AvgIpc) is 3.89. The molecule has 2 fully saturated rings. The zero-order valence-electron chi connectivity index (χ0n) is 33.4. The number of amides is 8. The monoisotopic (exact) mass is 824 g/mol. The molecule has 6 atom stereocenters. The predicted octanol–water partition coefficient (Wildman–Crippen LogP) is -3.84. The summed E-state index contributed by atoms with van der Waals surface area (Å²) in [5, 5.41) is 38.7. The maximum absolute atomic E-state index is 13.2. The smallest absolute Gasteiger partial charge is 0.326 e. The van der Waals surface area contributed by atoms with E-state index in [1.54, 1.807) is 13.8 Å². The number of carbonyl (C=O) groups excluding carboxylic acids is 8. The molecule has 0 aromatic rings. The Morgan fingerprint density at radius 1 is 0.707 bits per heavy atom. The molecule has 2 heterocycles. The Morgan fingerprint density at radius 2 is 1.38 bits per heavy atom. The fraction of sp³-hybridized carbons (Fsp3) is 0.722. The van der Waals surface area contributed by atoms with Gasteiger partial charge in [-0.15, -0.1) is 0 Å². The van der Waals surface area contributed by atoms with Crippen molar-refractivity contribution in [2.75, 3.05) is 39.3 Å². The van der Waals surface area contributed by atoms with Crippen LogP contribution in [-0.4, -0.2) is 150 Å². The van der Waals surface area contributed by atoms with E-state index in [0.29, 0.717) is 45.2 Å². The van der Waals surface area contributed by atoms with Crippen LogP contribution in [0.4, 0.5) is 0 Å². The molecule has 2 aliphatic rings. The van der Waals surface area contributed by atoms with Gasteiger partial charge in [-0.25, -0.2) is 4.79 Å². The lowest BCUT2D eigenvalue weighted by Gasteiger charge is -2.28. The molecule has 8 amide bonds. The Morgan fingerprint density at radius 3 is 2.00 bits per heavy atom. The minimum absolute atomic E-state index is 0.103. The second-order valence-electron chi connectivity index (χ2n) is 14.8. The summed E-state index contributed by atoms with van der Waals surface area (Å²) in [6.45, 7) is 4.56. The van der Waals surface area contributed by atoms with Gasteiger partial charge in [0, 0.05) is 13.0 Å². The molecule has 12 N–H and O–H groups in total. The zero-order chi connectivity index (χ0) is 43.4. The van der Waals surface area contributed by atoms with Crippen LogP contribution in [0.15, 0.2) is 0 Å². The van der Waals surface area contributed by atoms with Gasteiger partial charge >= 0.3 is 11.9 Å². The van der Waals surface area contributed by atoms with Gasteiger partial charge in [-0.05, 0) is 83.7 Å². The summed E-state index contributed by atoms with van der Waals surface area (Å²) in [6.07, 6.45) is 2.76. The van der Waals surface area contributed by atoms with Gasteiger partial charge in [0.25, 0.3) is 0 Å². The number of nitrogens with zero attached hydrogens (tertiary/aromatic N) is 1. The number of rotatable bonds is 25. The Labute approximate surface area is 336 Å². The van der Waals surface area contributed by atoms with Gasteiger partial charge in [0.05, 0.1) is 25.7 Å². The van der Waals surface area contributed by atoms with E-state index in [1.807, 2.05) is 0 Å². The average molecular weight is 825 g/mol. The topological polar surface area (TPSA) is 337 Å². The lowest BCUT2D eigenvalue weighted by molar-refractivity contribution is -0.144. The van der Waals surface area contributed by atoms with Crippen molar-refractivity contribution in [1.29, 1.82) is 0 Å². The van der Waals surface area contributed by atoms with Crippen molar-refractivity contribution in [3.05, 3.63) is 0 Å².